The standard InChI is InChI=1S/C17H18N4O4/c22-15(10-9-12-5-4-8-14(11-12)21(23)24)18-17-20-19-16(25-17)13-6-2-1-3-7-13/h4-5,8-11,13H,1-3,6-7H2,(H,18,20,22). The van der Waals surface area contributed by atoms with E-state index >= 15 is 0 Å². The average molecular weight is 342 g/mol. The van der Waals surface area contributed by atoms with Crippen LogP contribution in [0.4, 0.5) is 11.7 Å². The second-order valence-corrected chi connectivity index (χ2v) is 5.96. The second kappa shape index (κ2) is 7.69. The fourth-order valence-electron chi connectivity index (χ4n) is 2.86. The van der Waals surface area contributed by atoms with E-state index in [1.807, 2.05) is 0 Å². The Bertz CT molecular complexity index is 793. The Morgan fingerprint density at radius 1 is 1.28 bits per heavy atom. The van der Waals surface area contributed by atoms with E-state index in [0.29, 0.717) is 11.5 Å². The fourth-order valence-corrected chi connectivity index (χ4v) is 2.86. The van der Waals surface area contributed by atoms with E-state index in [4.69, 9.17) is 4.42 Å². The number of carbonyl (C=O) groups excluding carboxylic acids is 1. The molecule has 8 nitrogen and oxygen atoms in total. The Balaban J connectivity index is 1.60. The molecule has 1 aliphatic carbocycles. The molecule has 1 aromatic heterocycles. The van der Waals surface area contributed by atoms with Crippen molar-refractivity contribution < 1.29 is 14.1 Å². The number of nitro groups is 1. The monoisotopic (exact) mass is 342 g/mol. The summed E-state index contributed by atoms with van der Waals surface area (Å²) in [5.41, 5.74) is 0.523. The third-order valence-corrected chi connectivity index (χ3v) is 4.13. The molecule has 1 saturated carbocycles. The minimum Gasteiger partial charge on any atom is -0.408 e. The van der Waals surface area contributed by atoms with Crippen LogP contribution in [0.2, 0.25) is 0 Å². The van der Waals surface area contributed by atoms with Crippen LogP contribution in [0.25, 0.3) is 6.08 Å². The van der Waals surface area contributed by atoms with Crippen LogP contribution < -0.4 is 5.32 Å². The minimum atomic E-state index is -0.483. The van der Waals surface area contributed by atoms with Crippen LogP contribution in [-0.2, 0) is 4.79 Å². The third kappa shape index (κ3) is 4.50. The molecule has 25 heavy (non-hydrogen) atoms. The molecule has 0 radical (unpaired) electrons. The number of hydrogen-bond donors (Lipinski definition) is 1. The number of aromatic nitrogens is 2. The van der Waals surface area contributed by atoms with Crippen molar-refractivity contribution in [2.45, 2.75) is 38.0 Å². The number of nitrogens with one attached hydrogen (secondary N) is 1. The number of hydrogen-bond acceptors (Lipinski definition) is 6. The van der Waals surface area contributed by atoms with Crippen LogP contribution in [-0.4, -0.2) is 21.0 Å². The zero-order chi connectivity index (χ0) is 17.6. The molecular formula is C17H18N4O4. The molecule has 0 saturated heterocycles. The maximum atomic E-state index is 11.9. The largest absolute Gasteiger partial charge is 0.408 e. The Morgan fingerprint density at radius 3 is 2.84 bits per heavy atom. The van der Waals surface area contributed by atoms with Gasteiger partial charge in [-0.25, -0.2) is 0 Å². The van der Waals surface area contributed by atoms with Gasteiger partial charge in [0, 0.05) is 24.1 Å². The van der Waals surface area contributed by atoms with Gasteiger partial charge in [0.1, 0.15) is 0 Å². The number of amides is 1. The van der Waals surface area contributed by atoms with E-state index in [-0.39, 0.29) is 17.6 Å². The smallest absolute Gasteiger partial charge is 0.322 e. The fraction of sp³-hybridized carbons (Fsp3) is 0.353. The van der Waals surface area contributed by atoms with Crippen molar-refractivity contribution in [1.82, 2.24) is 10.2 Å². The lowest BCUT2D eigenvalue weighted by atomic mass is 9.89. The number of rotatable bonds is 5. The first kappa shape index (κ1) is 16.8. The molecule has 1 N–H and O–H groups in total. The molecule has 1 fully saturated rings. The van der Waals surface area contributed by atoms with Gasteiger partial charge in [0.05, 0.1) is 4.92 Å². The molecule has 0 bridgehead atoms. The van der Waals surface area contributed by atoms with E-state index in [1.165, 1.54) is 30.7 Å². The Hall–Kier alpha value is -3.03. The maximum Gasteiger partial charge on any atom is 0.322 e. The molecule has 1 heterocycles. The quantitative estimate of drug-likeness (QED) is 0.504. The van der Waals surface area contributed by atoms with Gasteiger partial charge in [-0.15, -0.1) is 5.10 Å². The van der Waals surface area contributed by atoms with Gasteiger partial charge in [-0.1, -0.05) is 36.5 Å². The molecule has 1 aromatic carbocycles. The molecule has 0 unspecified atom stereocenters. The molecule has 2 aromatic rings. The van der Waals surface area contributed by atoms with Gasteiger partial charge in [-0.3, -0.25) is 20.2 Å². The van der Waals surface area contributed by atoms with Crippen molar-refractivity contribution in [1.29, 1.82) is 0 Å². The topological polar surface area (TPSA) is 111 Å². The molecule has 1 amide bonds. The predicted octanol–water partition coefficient (Wildman–Crippen LogP) is 3.68. The van der Waals surface area contributed by atoms with Gasteiger partial charge in [0.25, 0.3) is 11.6 Å². The van der Waals surface area contributed by atoms with Crippen molar-refractivity contribution in [2.75, 3.05) is 5.32 Å². The zero-order valence-electron chi connectivity index (χ0n) is 13.6. The number of nitro benzene ring substituents is 1. The van der Waals surface area contributed by atoms with Crippen LogP contribution in [0.3, 0.4) is 0 Å². The summed E-state index contributed by atoms with van der Waals surface area (Å²) >= 11 is 0. The Kier molecular flexibility index (Phi) is 5.17. The summed E-state index contributed by atoms with van der Waals surface area (Å²) in [7, 11) is 0. The number of non-ortho nitro benzene ring substituents is 1. The van der Waals surface area contributed by atoms with E-state index in [9.17, 15) is 14.9 Å². The zero-order valence-corrected chi connectivity index (χ0v) is 13.6. The highest BCUT2D eigenvalue weighted by molar-refractivity contribution is 6.00. The highest BCUT2D eigenvalue weighted by Crippen LogP contribution is 2.32. The number of anilines is 1. The Labute approximate surface area is 144 Å². The first-order valence-corrected chi connectivity index (χ1v) is 8.19. The minimum absolute atomic E-state index is 0.0309. The van der Waals surface area contributed by atoms with Crippen LogP contribution in [0.1, 0.15) is 49.5 Å². The summed E-state index contributed by atoms with van der Waals surface area (Å²) < 4.78 is 5.52. The van der Waals surface area contributed by atoms with Gasteiger partial charge in [0.15, 0.2) is 0 Å². The summed E-state index contributed by atoms with van der Waals surface area (Å²) in [5, 5.41) is 21.1. The highest BCUT2D eigenvalue weighted by atomic mass is 16.6. The van der Waals surface area contributed by atoms with Crippen molar-refractivity contribution in [3.63, 3.8) is 0 Å². The molecule has 0 spiro atoms. The number of carbonyl (C=O) groups is 1. The summed E-state index contributed by atoms with van der Waals surface area (Å²) in [4.78, 5) is 22.2. The van der Waals surface area contributed by atoms with Gasteiger partial charge in [-0.2, -0.15) is 0 Å². The lowest BCUT2D eigenvalue weighted by Crippen LogP contribution is -2.08. The summed E-state index contributed by atoms with van der Waals surface area (Å²) in [6.07, 6.45) is 8.35. The molecule has 3 rings (SSSR count). The van der Waals surface area contributed by atoms with Crippen molar-refractivity contribution in [3.05, 3.63) is 51.9 Å². The lowest BCUT2D eigenvalue weighted by Gasteiger charge is -2.17. The molecule has 8 heteroatoms. The molecule has 0 aliphatic heterocycles. The van der Waals surface area contributed by atoms with Crippen molar-refractivity contribution >= 4 is 23.7 Å². The lowest BCUT2D eigenvalue weighted by molar-refractivity contribution is -0.384. The van der Waals surface area contributed by atoms with Crippen molar-refractivity contribution in [3.8, 4) is 0 Å². The second-order valence-electron chi connectivity index (χ2n) is 5.96. The highest BCUT2D eigenvalue weighted by Gasteiger charge is 2.21. The molecule has 130 valence electrons. The van der Waals surface area contributed by atoms with Crippen LogP contribution in [0.15, 0.2) is 34.8 Å². The average Bonchev–Trinajstić information content (AvgIpc) is 3.09. The number of benzene rings is 1. The first-order chi connectivity index (χ1) is 12.1. The van der Waals surface area contributed by atoms with Crippen LogP contribution >= 0.6 is 0 Å². The summed E-state index contributed by atoms with van der Waals surface area (Å²) in [6.45, 7) is 0. The van der Waals surface area contributed by atoms with Crippen molar-refractivity contribution in [2.24, 2.45) is 0 Å². The van der Waals surface area contributed by atoms with Crippen LogP contribution in [0, 0.1) is 10.1 Å². The van der Waals surface area contributed by atoms with Gasteiger partial charge in [-0.05, 0) is 24.5 Å². The predicted molar refractivity (Wildman–Crippen MR) is 90.9 cm³/mol. The molecule has 0 atom stereocenters. The number of nitrogens with zero attached hydrogens (tertiary/aromatic N) is 3. The van der Waals surface area contributed by atoms with Gasteiger partial charge >= 0.3 is 6.01 Å². The molecular weight excluding hydrogens is 324 g/mol. The van der Waals surface area contributed by atoms with E-state index in [1.54, 1.807) is 12.1 Å². The first-order valence-electron chi connectivity index (χ1n) is 8.19. The SMILES string of the molecule is O=C(C=Cc1cccc([N+](=O)[O-])c1)Nc1nnc(C2CCCCC2)o1. The van der Waals surface area contributed by atoms with Gasteiger partial charge < -0.3 is 4.42 Å². The summed E-state index contributed by atoms with van der Waals surface area (Å²) in [5.74, 6) is 0.398. The third-order valence-electron chi connectivity index (χ3n) is 4.13. The molecule has 1 aliphatic rings. The summed E-state index contributed by atoms with van der Waals surface area (Å²) in [6, 6.07) is 6.07. The maximum absolute atomic E-state index is 11.9. The van der Waals surface area contributed by atoms with Gasteiger partial charge in [0.2, 0.25) is 5.89 Å². The van der Waals surface area contributed by atoms with E-state index < -0.39 is 10.8 Å². The van der Waals surface area contributed by atoms with E-state index in [2.05, 4.69) is 15.5 Å². The normalized spacial score (nSPS) is 15.4. The Morgan fingerprint density at radius 2 is 2.08 bits per heavy atom. The van der Waals surface area contributed by atoms with Crippen LogP contribution in [0.5, 0.6) is 0 Å². The van der Waals surface area contributed by atoms with E-state index in [0.717, 1.165) is 25.7 Å².